The molecule has 0 bridgehead atoms. The van der Waals surface area contributed by atoms with E-state index in [1.165, 1.54) is 0 Å². The molecule has 1 aliphatic carbocycles. The Bertz CT molecular complexity index is 607. The molecule has 21 heavy (non-hydrogen) atoms. The van der Waals surface area contributed by atoms with Crippen molar-refractivity contribution in [3.8, 4) is 5.75 Å². The minimum absolute atomic E-state index is 0.155. The van der Waals surface area contributed by atoms with Crippen molar-refractivity contribution in [2.75, 3.05) is 6.61 Å². The Hall–Kier alpha value is -1.88. The Morgan fingerprint density at radius 3 is 2.76 bits per heavy atom. The summed E-state index contributed by atoms with van der Waals surface area (Å²) in [6.07, 6.45) is 2.39. The van der Waals surface area contributed by atoms with E-state index in [2.05, 4.69) is 10.6 Å². The first-order valence-corrected chi connectivity index (χ1v) is 7.66. The van der Waals surface area contributed by atoms with Crippen LogP contribution >= 0.6 is 12.2 Å². The van der Waals surface area contributed by atoms with Crippen LogP contribution in [0.25, 0.3) is 0 Å². The van der Waals surface area contributed by atoms with E-state index >= 15 is 0 Å². The van der Waals surface area contributed by atoms with E-state index < -0.39 is 0 Å². The third-order valence-electron chi connectivity index (χ3n) is 3.81. The van der Waals surface area contributed by atoms with E-state index in [0.717, 1.165) is 35.4 Å². The van der Waals surface area contributed by atoms with Gasteiger partial charge in [0.05, 0.1) is 12.6 Å². The topological polar surface area (TPSA) is 50.4 Å². The second-order valence-electron chi connectivity index (χ2n) is 5.20. The highest BCUT2D eigenvalue weighted by Gasteiger charge is 2.32. The number of carbonyl (C=O) groups is 1. The monoisotopic (exact) mass is 302 g/mol. The van der Waals surface area contributed by atoms with Gasteiger partial charge in [-0.1, -0.05) is 12.1 Å². The third-order valence-corrected chi connectivity index (χ3v) is 4.03. The summed E-state index contributed by atoms with van der Waals surface area (Å²) in [5, 5.41) is 6.93. The van der Waals surface area contributed by atoms with Crippen molar-refractivity contribution in [2.45, 2.75) is 32.2 Å². The molecule has 0 radical (unpaired) electrons. The van der Waals surface area contributed by atoms with Crippen LogP contribution in [0.2, 0.25) is 0 Å². The molecule has 1 aliphatic heterocycles. The lowest BCUT2D eigenvalue weighted by Crippen LogP contribution is -2.46. The van der Waals surface area contributed by atoms with Crippen LogP contribution in [0, 0.1) is 0 Å². The van der Waals surface area contributed by atoms with Gasteiger partial charge in [0.2, 0.25) is 0 Å². The number of Topliss-reactive ketones (excluding diaryl/α,β-unsaturated/α-hetero) is 1. The van der Waals surface area contributed by atoms with Crippen molar-refractivity contribution >= 4 is 23.1 Å². The van der Waals surface area contributed by atoms with Crippen LogP contribution in [0.15, 0.2) is 35.5 Å². The minimum Gasteiger partial charge on any atom is -0.494 e. The summed E-state index contributed by atoms with van der Waals surface area (Å²) < 4.78 is 5.46. The van der Waals surface area contributed by atoms with Crippen LogP contribution < -0.4 is 15.4 Å². The Balaban J connectivity index is 1.95. The lowest BCUT2D eigenvalue weighted by molar-refractivity contribution is -0.116. The summed E-state index contributed by atoms with van der Waals surface area (Å²) in [5.74, 6) is 1.04. The lowest BCUT2D eigenvalue weighted by atomic mass is 9.85. The van der Waals surface area contributed by atoms with Crippen molar-refractivity contribution < 1.29 is 9.53 Å². The normalized spacial score (nSPS) is 21.5. The largest absolute Gasteiger partial charge is 0.494 e. The standard InChI is InChI=1S/C16H18N2O2S/c1-2-20-11-8-6-10(7-9-11)15-14-12(17-16(21)18-15)4-3-5-13(14)19/h6-9,15H,2-5H2,1H3,(H2,17,18,21)/t15-/m1/s1. The number of rotatable bonds is 3. The SMILES string of the molecule is CCOc1ccc([C@H]2NC(=S)NC3=C2C(=O)CCC3)cc1. The fourth-order valence-electron chi connectivity index (χ4n) is 2.88. The Kier molecular flexibility index (Phi) is 3.92. The zero-order valence-electron chi connectivity index (χ0n) is 11.9. The van der Waals surface area contributed by atoms with Crippen LogP contribution in [-0.4, -0.2) is 17.5 Å². The molecule has 4 nitrogen and oxygen atoms in total. The van der Waals surface area contributed by atoms with Crippen LogP contribution in [0.3, 0.4) is 0 Å². The van der Waals surface area contributed by atoms with Crippen molar-refractivity contribution in [1.29, 1.82) is 0 Å². The first-order chi connectivity index (χ1) is 10.2. The second kappa shape index (κ2) is 5.85. The molecule has 1 atom stereocenters. The maximum absolute atomic E-state index is 12.3. The molecule has 0 unspecified atom stereocenters. The van der Waals surface area contributed by atoms with Crippen LogP contribution in [0.5, 0.6) is 5.75 Å². The number of hydrogen-bond donors (Lipinski definition) is 2. The summed E-state index contributed by atoms with van der Waals surface area (Å²) in [4.78, 5) is 12.3. The minimum atomic E-state index is -0.155. The number of ketones is 1. The number of ether oxygens (including phenoxy) is 1. The highest BCUT2D eigenvalue weighted by Crippen LogP contribution is 2.33. The smallest absolute Gasteiger partial charge is 0.171 e. The summed E-state index contributed by atoms with van der Waals surface area (Å²) in [6, 6.07) is 7.68. The van der Waals surface area contributed by atoms with Gasteiger partial charge >= 0.3 is 0 Å². The quantitative estimate of drug-likeness (QED) is 0.841. The predicted octanol–water partition coefficient (Wildman–Crippen LogP) is 2.61. The average Bonchev–Trinajstić information content (AvgIpc) is 2.47. The molecule has 0 saturated carbocycles. The fraction of sp³-hybridized carbons (Fsp3) is 0.375. The molecule has 2 N–H and O–H groups in total. The van der Waals surface area contributed by atoms with Crippen LogP contribution in [0.1, 0.15) is 37.8 Å². The second-order valence-corrected chi connectivity index (χ2v) is 5.61. The molecule has 0 fully saturated rings. The fourth-order valence-corrected chi connectivity index (χ4v) is 3.12. The van der Waals surface area contributed by atoms with Gasteiger partial charge in [0.1, 0.15) is 5.75 Å². The summed E-state index contributed by atoms with van der Waals surface area (Å²) in [5.41, 5.74) is 2.85. The zero-order chi connectivity index (χ0) is 14.8. The highest BCUT2D eigenvalue weighted by molar-refractivity contribution is 7.80. The number of nitrogens with one attached hydrogen (secondary N) is 2. The summed E-state index contributed by atoms with van der Waals surface area (Å²) in [6.45, 7) is 2.60. The summed E-state index contributed by atoms with van der Waals surface area (Å²) >= 11 is 5.26. The van der Waals surface area contributed by atoms with E-state index in [4.69, 9.17) is 17.0 Å². The maximum Gasteiger partial charge on any atom is 0.171 e. The predicted molar refractivity (Wildman–Crippen MR) is 85.1 cm³/mol. The molecule has 3 rings (SSSR count). The van der Waals surface area contributed by atoms with Gasteiger partial charge in [-0.15, -0.1) is 0 Å². The van der Waals surface area contributed by atoms with Crippen molar-refractivity contribution in [1.82, 2.24) is 10.6 Å². The molecule has 2 aliphatic rings. The van der Waals surface area contributed by atoms with Crippen molar-refractivity contribution in [3.05, 3.63) is 41.1 Å². The van der Waals surface area contributed by atoms with Gasteiger partial charge < -0.3 is 15.4 Å². The van der Waals surface area contributed by atoms with Gasteiger partial charge in [0.25, 0.3) is 0 Å². The van der Waals surface area contributed by atoms with Gasteiger partial charge in [0, 0.05) is 17.7 Å². The molecular weight excluding hydrogens is 284 g/mol. The zero-order valence-corrected chi connectivity index (χ0v) is 12.8. The molecule has 110 valence electrons. The molecule has 1 aromatic rings. The first-order valence-electron chi connectivity index (χ1n) is 7.25. The molecule has 1 aromatic carbocycles. The molecule has 0 amide bonds. The van der Waals surface area contributed by atoms with E-state index in [9.17, 15) is 4.79 Å². The number of hydrogen-bond acceptors (Lipinski definition) is 3. The maximum atomic E-state index is 12.3. The van der Waals surface area contributed by atoms with Crippen LogP contribution in [-0.2, 0) is 4.79 Å². The molecule has 0 aromatic heterocycles. The molecule has 0 spiro atoms. The van der Waals surface area contributed by atoms with Crippen molar-refractivity contribution in [2.24, 2.45) is 0 Å². The third kappa shape index (κ3) is 2.78. The van der Waals surface area contributed by atoms with E-state index in [1.807, 2.05) is 31.2 Å². The van der Waals surface area contributed by atoms with Gasteiger partial charge in [-0.25, -0.2) is 0 Å². The van der Waals surface area contributed by atoms with Gasteiger partial charge in [0.15, 0.2) is 10.9 Å². The van der Waals surface area contributed by atoms with Gasteiger partial charge in [-0.3, -0.25) is 4.79 Å². The van der Waals surface area contributed by atoms with Gasteiger partial charge in [-0.05, 0) is 49.7 Å². The number of benzene rings is 1. The lowest BCUT2D eigenvalue weighted by Gasteiger charge is -2.33. The Morgan fingerprint density at radius 2 is 2.05 bits per heavy atom. The number of thiocarbonyl (C=S) groups is 1. The van der Waals surface area contributed by atoms with E-state index in [-0.39, 0.29) is 11.8 Å². The van der Waals surface area contributed by atoms with E-state index in [0.29, 0.717) is 18.1 Å². The van der Waals surface area contributed by atoms with Crippen molar-refractivity contribution in [3.63, 3.8) is 0 Å². The Morgan fingerprint density at radius 1 is 1.29 bits per heavy atom. The molecular formula is C16H18N2O2S. The first kappa shape index (κ1) is 14.1. The Labute approximate surface area is 129 Å². The summed E-state index contributed by atoms with van der Waals surface area (Å²) in [7, 11) is 0. The number of allylic oxidation sites excluding steroid dienone is 1. The van der Waals surface area contributed by atoms with Crippen LogP contribution in [0.4, 0.5) is 0 Å². The molecule has 5 heteroatoms. The molecule has 0 saturated heterocycles. The van der Waals surface area contributed by atoms with E-state index in [1.54, 1.807) is 0 Å². The highest BCUT2D eigenvalue weighted by atomic mass is 32.1. The molecule has 1 heterocycles. The number of carbonyl (C=O) groups excluding carboxylic acids is 1. The average molecular weight is 302 g/mol. The van der Waals surface area contributed by atoms with Gasteiger partial charge in [-0.2, -0.15) is 0 Å².